The first-order valence-corrected chi connectivity index (χ1v) is 8.23. The fourth-order valence-electron chi connectivity index (χ4n) is 2.54. The Morgan fingerprint density at radius 2 is 1.96 bits per heavy atom. The van der Waals surface area contributed by atoms with Gasteiger partial charge in [0.05, 0.1) is 7.11 Å². The van der Waals surface area contributed by atoms with Crippen LogP contribution in [0.15, 0.2) is 54.6 Å². The van der Waals surface area contributed by atoms with E-state index in [1.807, 2.05) is 30.3 Å². The predicted molar refractivity (Wildman–Crippen MR) is 96.0 cm³/mol. The number of aromatic nitrogens is 4. The predicted octanol–water partition coefficient (Wildman–Crippen LogP) is 4.01. The lowest BCUT2D eigenvalue weighted by Crippen LogP contribution is -1.91. The van der Waals surface area contributed by atoms with Crippen LogP contribution in [0, 0.1) is 0 Å². The Kier molecular flexibility index (Phi) is 3.80. The van der Waals surface area contributed by atoms with Gasteiger partial charge in [-0.15, -0.1) is 21.5 Å². The quantitative estimate of drug-likeness (QED) is 0.612. The summed E-state index contributed by atoms with van der Waals surface area (Å²) in [7, 11) is 1.65. The molecule has 0 aliphatic carbocycles. The van der Waals surface area contributed by atoms with E-state index in [1.54, 1.807) is 18.4 Å². The molecule has 5 nitrogen and oxygen atoms in total. The van der Waals surface area contributed by atoms with E-state index in [0.717, 1.165) is 21.8 Å². The normalized spacial score (nSPS) is 11.8. The summed E-state index contributed by atoms with van der Waals surface area (Å²) < 4.78 is 6.49. The minimum atomic E-state index is 0.567. The minimum Gasteiger partial charge on any atom is -0.497 e. The standard InChI is InChI=1S/C18H14N4OS/c1-23-14-8-6-12(7-9-14)16(18-19-21-22-20-18)11-15-10-13-4-2-3-5-17(13)24-15/h2-11H,1H3,(H,19,20,21,22)/b16-11-. The van der Waals surface area contributed by atoms with Crippen LogP contribution in [-0.4, -0.2) is 27.7 Å². The highest BCUT2D eigenvalue weighted by Gasteiger charge is 2.11. The van der Waals surface area contributed by atoms with Crippen molar-refractivity contribution < 1.29 is 4.74 Å². The number of hydrogen-bond acceptors (Lipinski definition) is 5. The number of methoxy groups -OCH3 is 1. The second kappa shape index (κ2) is 6.25. The largest absolute Gasteiger partial charge is 0.497 e. The lowest BCUT2D eigenvalue weighted by Gasteiger charge is -2.05. The summed E-state index contributed by atoms with van der Waals surface area (Å²) in [5.74, 6) is 1.38. The summed E-state index contributed by atoms with van der Waals surface area (Å²) in [5.41, 5.74) is 1.92. The van der Waals surface area contributed by atoms with Crippen LogP contribution in [0.4, 0.5) is 0 Å². The number of nitrogens with zero attached hydrogens (tertiary/aromatic N) is 3. The Morgan fingerprint density at radius 3 is 2.67 bits per heavy atom. The SMILES string of the molecule is COc1ccc(/C(=C/c2cc3ccccc3s2)c2nn[nH]n2)cc1. The molecular weight excluding hydrogens is 320 g/mol. The van der Waals surface area contributed by atoms with Gasteiger partial charge in [0.15, 0.2) is 0 Å². The third kappa shape index (κ3) is 2.79. The van der Waals surface area contributed by atoms with Crippen molar-refractivity contribution in [2.24, 2.45) is 0 Å². The molecule has 0 atom stereocenters. The molecular formula is C18H14N4OS. The molecule has 0 unspecified atom stereocenters. The monoisotopic (exact) mass is 334 g/mol. The van der Waals surface area contributed by atoms with Gasteiger partial charge in [-0.1, -0.05) is 30.3 Å². The first-order valence-electron chi connectivity index (χ1n) is 7.42. The van der Waals surface area contributed by atoms with Gasteiger partial charge in [0.25, 0.3) is 0 Å². The topological polar surface area (TPSA) is 63.7 Å². The van der Waals surface area contributed by atoms with Crippen molar-refractivity contribution in [3.8, 4) is 5.75 Å². The summed E-state index contributed by atoms with van der Waals surface area (Å²) in [6.07, 6.45) is 2.09. The van der Waals surface area contributed by atoms with Crippen molar-refractivity contribution in [1.29, 1.82) is 0 Å². The van der Waals surface area contributed by atoms with E-state index >= 15 is 0 Å². The van der Waals surface area contributed by atoms with Gasteiger partial charge < -0.3 is 4.74 Å². The maximum absolute atomic E-state index is 5.23. The van der Waals surface area contributed by atoms with Crippen LogP contribution in [0.2, 0.25) is 0 Å². The van der Waals surface area contributed by atoms with Gasteiger partial charge in [-0.25, -0.2) is 0 Å². The molecule has 4 rings (SSSR count). The van der Waals surface area contributed by atoms with E-state index in [1.165, 1.54) is 10.1 Å². The molecule has 0 saturated heterocycles. The minimum absolute atomic E-state index is 0.567. The summed E-state index contributed by atoms with van der Waals surface area (Å²) >= 11 is 1.74. The van der Waals surface area contributed by atoms with Crippen LogP contribution in [0.25, 0.3) is 21.7 Å². The maximum Gasteiger partial charge on any atom is 0.205 e. The summed E-state index contributed by atoms with van der Waals surface area (Å²) in [5, 5.41) is 15.7. The van der Waals surface area contributed by atoms with Crippen LogP contribution in [0.1, 0.15) is 16.3 Å². The Labute approximate surface area is 142 Å². The Bertz CT molecular complexity index is 954. The number of ether oxygens (including phenoxy) is 1. The zero-order valence-electron chi connectivity index (χ0n) is 12.9. The Hall–Kier alpha value is -2.99. The molecule has 2 aromatic carbocycles. The van der Waals surface area contributed by atoms with Gasteiger partial charge >= 0.3 is 0 Å². The van der Waals surface area contributed by atoms with Gasteiger partial charge in [-0.3, -0.25) is 0 Å². The lowest BCUT2D eigenvalue weighted by atomic mass is 10.0. The summed E-state index contributed by atoms with van der Waals surface area (Å²) in [4.78, 5) is 1.15. The highest BCUT2D eigenvalue weighted by molar-refractivity contribution is 7.19. The van der Waals surface area contributed by atoms with Crippen LogP contribution in [0.3, 0.4) is 0 Å². The van der Waals surface area contributed by atoms with Gasteiger partial charge in [-0.2, -0.15) is 5.21 Å². The molecule has 0 radical (unpaired) electrons. The number of hydrogen-bond donors (Lipinski definition) is 1. The second-order valence-electron chi connectivity index (χ2n) is 5.21. The average Bonchev–Trinajstić information content (AvgIpc) is 3.29. The van der Waals surface area contributed by atoms with Crippen molar-refractivity contribution in [3.63, 3.8) is 0 Å². The van der Waals surface area contributed by atoms with Crippen molar-refractivity contribution in [2.75, 3.05) is 7.11 Å². The molecule has 0 amide bonds. The number of aromatic amines is 1. The van der Waals surface area contributed by atoms with Gasteiger partial charge in [-0.05, 0) is 46.5 Å². The molecule has 2 aromatic heterocycles. The first-order chi connectivity index (χ1) is 11.8. The molecule has 0 aliphatic rings. The van der Waals surface area contributed by atoms with Crippen LogP contribution >= 0.6 is 11.3 Å². The molecule has 24 heavy (non-hydrogen) atoms. The average molecular weight is 334 g/mol. The van der Waals surface area contributed by atoms with Crippen LogP contribution in [-0.2, 0) is 0 Å². The smallest absolute Gasteiger partial charge is 0.205 e. The molecule has 0 bridgehead atoms. The molecule has 4 aromatic rings. The zero-order chi connectivity index (χ0) is 16.4. The van der Waals surface area contributed by atoms with Crippen molar-refractivity contribution in [2.45, 2.75) is 0 Å². The second-order valence-corrected chi connectivity index (χ2v) is 6.32. The highest BCUT2D eigenvalue weighted by atomic mass is 32.1. The highest BCUT2D eigenvalue weighted by Crippen LogP contribution is 2.31. The molecule has 6 heteroatoms. The van der Waals surface area contributed by atoms with Crippen LogP contribution in [0.5, 0.6) is 5.75 Å². The molecule has 0 saturated carbocycles. The maximum atomic E-state index is 5.23. The molecule has 118 valence electrons. The molecule has 1 N–H and O–H groups in total. The number of rotatable bonds is 4. The van der Waals surface area contributed by atoms with Crippen LogP contribution < -0.4 is 4.74 Å². The third-order valence-electron chi connectivity index (χ3n) is 3.72. The Morgan fingerprint density at radius 1 is 1.12 bits per heavy atom. The number of thiophene rings is 1. The van der Waals surface area contributed by atoms with E-state index < -0.39 is 0 Å². The van der Waals surface area contributed by atoms with Gasteiger partial charge in [0.2, 0.25) is 5.82 Å². The molecule has 0 spiro atoms. The van der Waals surface area contributed by atoms with Gasteiger partial charge in [0, 0.05) is 15.2 Å². The van der Waals surface area contributed by atoms with E-state index in [4.69, 9.17) is 4.74 Å². The molecule has 2 heterocycles. The third-order valence-corrected chi connectivity index (χ3v) is 4.78. The van der Waals surface area contributed by atoms with E-state index in [0.29, 0.717) is 5.82 Å². The van der Waals surface area contributed by atoms with E-state index in [2.05, 4.69) is 51.0 Å². The lowest BCUT2D eigenvalue weighted by molar-refractivity contribution is 0.415. The fraction of sp³-hybridized carbons (Fsp3) is 0.0556. The summed E-state index contributed by atoms with van der Waals surface area (Å²) in [6.45, 7) is 0. The van der Waals surface area contributed by atoms with E-state index in [9.17, 15) is 0 Å². The number of benzene rings is 2. The molecule has 0 fully saturated rings. The first kappa shape index (κ1) is 14.6. The number of H-pyrrole nitrogens is 1. The number of fused-ring (bicyclic) bond motifs is 1. The molecule has 0 aliphatic heterocycles. The Balaban J connectivity index is 1.82. The fourth-order valence-corrected chi connectivity index (χ4v) is 3.55. The number of nitrogens with one attached hydrogen (secondary N) is 1. The van der Waals surface area contributed by atoms with Crippen molar-refractivity contribution in [3.05, 3.63) is 70.9 Å². The van der Waals surface area contributed by atoms with Crippen molar-refractivity contribution >= 4 is 33.1 Å². The summed E-state index contributed by atoms with van der Waals surface area (Å²) in [6, 6.07) is 18.3. The van der Waals surface area contributed by atoms with E-state index in [-0.39, 0.29) is 0 Å². The van der Waals surface area contributed by atoms with Gasteiger partial charge in [0.1, 0.15) is 5.75 Å². The zero-order valence-corrected chi connectivity index (χ0v) is 13.7. The van der Waals surface area contributed by atoms with Crippen molar-refractivity contribution in [1.82, 2.24) is 20.6 Å². The number of tetrazole rings is 1.